The Labute approximate surface area is 152 Å². The Balaban J connectivity index is 1.90. The maximum atomic E-state index is 13.1. The van der Waals surface area contributed by atoms with E-state index in [-0.39, 0.29) is 12.5 Å². The van der Waals surface area contributed by atoms with Gasteiger partial charge in [0.25, 0.3) is 5.91 Å². The zero-order chi connectivity index (χ0) is 18.0. The molecule has 0 bridgehead atoms. The number of likely N-dealkylation sites (tertiary alicyclic amines) is 1. The van der Waals surface area contributed by atoms with E-state index in [0.29, 0.717) is 23.4 Å². The number of amides is 1. The molecule has 3 rings (SSSR count). The number of hydrogen-bond acceptors (Lipinski definition) is 4. The summed E-state index contributed by atoms with van der Waals surface area (Å²) in [5, 5.41) is 9.90. The van der Waals surface area contributed by atoms with Crippen LogP contribution in [0, 0.1) is 0 Å². The molecule has 0 aromatic heterocycles. The van der Waals surface area contributed by atoms with E-state index in [9.17, 15) is 14.7 Å². The summed E-state index contributed by atoms with van der Waals surface area (Å²) in [4.78, 5) is 28.6. The number of ether oxygens (including phenoxy) is 1. The maximum Gasteiger partial charge on any atom is 0.328 e. The molecule has 25 heavy (non-hydrogen) atoms. The van der Waals surface area contributed by atoms with E-state index in [2.05, 4.69) is 11.8 Å². The molecule has 6 nitrogen and oxygen atoms in total. The molecule has 2 saturated heterocycles. The van der Waals surface area contributed by atoms with Gasteiger partial charge in [-0.15, -0.1) is 0 Å². The molecule has 1 amide bonds. The first-order chi connectivity index (χ1) is 12.0. The average Bonchev–Trinajstić information content (AvgIpc) is 2.96. The Morgan fingerprint density at radius 1 is 1.32 bits per heavy atom. The number of piperidine rings is 1. The van der Waals surface area contributed by atoms with Gasteiger partial charge in [0.2, 0.25) is 0 Å². The van der Waals surface area contributed by atoms with Crippen molar-refractivity contribution in [3.63, 3.8) is 0 Å². The smallest absolute Gasteiger partial charge is 0.328 e. The number of rotatable bonds is 4. The summed E-state index contributed by atoms with van der Waals surface area (Å²) >= 11 is 6.17. The molecule has 1 N–H and O–H groups in total. The Bertz CT molecular complexity index is 658. The van der Waals surface area contributed by atoms with Crippen LogP contribution in [0.3, 0.4) is 0 Å². The predicted octanol–water partition coefficient (Wildman–Crippen LogP) is 2.47. The minimum atomic E-state index is -1.05. The average molecular weight is 367 g/mol. The van der Waals surface area contributed by atoms with E-state index in [1.165, 1.54) is 4.90 Å². The van der Waals surface area contributed by atoms with Crippen molar-refractivity contribution in [2.75, 3.05) is 26.2 Å². The lowest BCUT2D eigenvalue weighted by molar-refractivity contribution is -0.143. The summed E-state index contributed by atoms with van der Waals surface area (Å²) in [5.41, 5.74) is -0.542. The van der Waals surface area contributed by atoms with Gasteiger partial charge in [-0.2, -0.15) is 0 Å². The summed E-state index contributed by atoms with van der Waals surface area (Å²) in [6.45, 7) is 4.71. The number of carbonyl (C=O) groups excluding carboxylic acids is 1. The highest BCUT2D eigenvalue weighted by molar-refractivity contribution is 6.33. The van der Waals surface area contributed by atoms with Gasteiger partial charge in [0.1, 0.15) is 5.72 Å². The van der Waals surface area contributed by atoms with Crippen molar-refractivity contribution in [2.24, 2.45) is 0 Å². The molecule has 2 aliphatic heterocycles. The first kappa shape index (κ1) is 18.2. The molecule has 0 saturated carbocycles. The standard InChI is InChI=1S/C18H23ClN2O4/c1-2-9-20-10-7-18(8-11-20)21(15(12-25-18)17(23)24)16(22)13-5-3-4-6-14(13)19/h3-6,15H,2,7-12H2,1H3,(H,23,24)/t15-/m0/s1. The number of halogens is 1. The quantitative estimate of drug-likeness (QED) is 0.886. The molecule has 0 radical (unpaired) electrons. The lowest BCUT2D eigenvalue weighted by atomic mass is 9.96. The van der Waals surface area contributed by atoms with E-state index in [4.69, 9.17) is 16.3 Å². The monoisotopic (exact) mass is 366 g/mol. The van der Waals surface area contributed by atoms with Crippen LogP contribution in [0.2, 0.25) is 5.02 Å². The second kappa shape index (κ2) is 7.32. The molecule has 2 fully saturated rings. The molecule has 136 valence electrons. The second-order valence-corrected chi connectivity index (χ2v) is 7.02. The SMILES string of the molecule is CCCN1CCC2(CC1)OC[C@@H](C(=O)O)N2C(=O)c1ccccc1Cl. The van der Waals surface area contributed by atoms with E-state index >= 15 is 0 Å². The molecule has 2 aliphatic rings. The van der Waals surface area contributed by atoms with Crippen LogP contribution in [0.1, 0.15) is 36.5 Å². The number of aliphatic carboxylic acids is 1. The summed E-state index contributed by atoms with van der Waals surface area (Å²) < 4.78 is 5.93. The number of nitrogens with zero attached hydrogens (tertiary/aromatic N) is 2. The van der Waals surface area contributed by atoms with Crippen LogP contribution in [0.25, 0.3) is 0 Å². The largest absolute Gasteiger partial charge is 0.480 e. The highest BCUT2D eigenvalue weighted by atomic mass is 35.5. The van der Waals surface area contributed by atoms with E-state index < -0.39 is 17.7 Å². The third kappa shape index (κ3) is 3.38. The van der Waals surface area contributed by atoms with Gasteiger partial charge >= 0.3 is 5.97 Å². The third-order valence-electron chi connectivity index (χ3n) is 5.05. The van der Waals surface area contributed by atoms with Gasteiger partial charge in [-0.3, -0.25) is 9.69 Å². The Kier molecular flexibility index (Phi) is 5.32. The molecule has 2 heterocycles. The molecule has 1 aromatic carbocycles. The van der Waals surface area contributed by atoms with Gasteiger partial charge in [-0.05, 0) is 25.1 Å². The molecular weight excluding hydrogens is 344 g/mol. The third-order valence-corrected chi connectivity index (χ3v) is 5.38. The molecular formula is C18H23ClN2O4. The minimum Gasteiger partial charge on any atom is -0.480 e. The summed E-state index contributed by atoms with van der Waals surface area (Å²) in [6.07, 6.45) is 2.27. The normalized spacial score (nSPS) is 23.1. The zero-order valence-corrected chi connectivity index (χ0v) is 15.0. The van der Waals surface area contributed by atoms with E-state index in [1.807, 2.05) is 0 Å². The number of carboxylic acid groups (broad SMARTS) is 1. The number of carbonyl (C=O) groups is 2. The van der Waals surface area contributed by atoms with Gasteiger partial charge in [0.15, 0.2) is 6.04 Å². The Hall–Kier alpha value is -1.63. The Morgan fingerprint density at radius 3 is 2.60 bits per heavy atom. The second-order valence-electron chi connectivity index (χ2n) is 6.61. The molecule has 1 atom stereocenters. The maximum absolute atomic E-state index is 13.1. The molecule has 1 aromatic rings. The van der Waals surface area contributed by atoms with Crippen molar-refractivity contribution in [3.05, 3.63) is 34.9 Å². The summed E-state index contributed by atoms with van der Waals surface area (Å²) in [5.74, 6) is -1.42. The lowest BCUT2D eigenvalue weighted by Crippen LogP contribution is -2.58. The Morgan fingerprint density at radius 2 is 2.00 bits per heavy atom. The molecule has 7 heteroatoms. The topological polar surface area (TPSA) is 70.1 Å². The van der Waals surface area contributed by atoms with Crippen LogP contribution in [0.15, 0.2) is 24.3 Å². The van der Waals surface area contributed by atoms with Crippen LogP contribution in [0.5, 0.6) is 0 Å². The fraction of sp³-hybridized carbons (Fsp3) is 0.556. The van der Waals surface area contributed by atoms with Crippen LogP contribution < -0.4 is 0 Å². The predicted molar refractivity (Wildman–Crippen MR) is 93.7 cm³/mol. The van der Waals surface area contributed by atoms with Crippen molar-refractivity contribution in [1.82, 2.24) is 9.80 Å². The summed E-state index contributed by atoms with van der Waals surface area (Å²) in [6, 6.07) is 5.75. The molecule has 0 unspecified atom stereocenters. The fourth-order valence-electron chi connectivity index (χ4n) is 3.76. The van der Waals surface area contributed by atoms with Gasteiger partial charge in [-0.25, -0.2) is 4.79 Å². The van der Waals surface area contributed by atoms with E-state index in [1.54, 1.807) is 24.3 Å². The van der Waals surface area contributed by atoms with Crippen LogP contribution in [0.4, 0.5) is 0 Å². The van der Waals surface area contributed by atoms with Crippen LogP contribution in [-0.4, -0.2) is 64.8 Å². The highest BCUT2D eigenvalue weighted by Crippen LogP contribution is 2.39. The number of hydrogen-bond donors (Lipinski definition) is 1. The lowest BCUT2D eigenvalue weighted by Gasteiger charge is -2.44. The van der Waals surface area contributed by atoms with Crippen molar-refractivity contribution in [2.45, 2.75) is 38.0 Å². The van der Waals surface area contributed by atoms with Crippen LogP contribution in [-0.2, 0) is 9.53 Å². The van der Waals surface area contributed by atoms with Crippen molar-refractivity contribution in [1.29, 1.82) is 0 Å². The minimum absolute atomic E-state index is 0.0132. The fourth-order valence-corrected chi connectivity index (χ4v) is 3.98. The first-order valence-electron chi connectivity index (χ1n) is 8.66. The molecule has 0 aliphatic carbocycles. The van der Waals surface area contributed by atoms with Gasteiger partial charge < -0.3 is 14.7 Å². The van der Waals surface area contributed by atoms with Crippen molar-refractivity contribution in [3.8, 4) is 0 Å². The van der Waals surface area contributed by atoms with Gasteiger partial charge in [0, 0.05) is 25.9 Å². The van der Waals surface area contributed by atoms with Crippen molar-refractivity contribution >= 4 is 23.5 Å². The zero-order valence-electron chi connectivity index (χ0n) is 14.3. The van der Waals surface area contributed by atoms with Crippen LogP contribution >= 0.6 is 11.6 Å². The number of benzene rings is 1. The van der Waals surface area contributed by atoms with E-state index in [0.717, 1.165) is 26.1 Å². The highest BCUT2D eigenvalue weighted by Gasteiger charge is 2.54. The van der Waals surface area contributed by atoms with Gasteiger partial charge in [0.05, 0.1) is 17.2 Å². The van der Waals surface area contributed by atoms with Gasteiger partial charge in [-0.1, -0.05) is 30.7 Å². The number of carboxylic acids is 1. The molecule has 1 spiro atoms. The first-order valence-corrected chi connectivity index (χ1v) is 9.03. The van der Waals surface area contributed by atoms with Crippen molar-refractivity contribution < 1.29 is 19.4 Å². The summed E-state index contributed by atoms with van der Waals surface area (Å²) in [7, 11) is 0.